The summed E-state index contributed by atoms with van der Waals surface area (Å²) in [6.45, 7) is 4.09. The van der Waals surface area contributed by atoms with Gasteiger partial charge in [-0.1, -0.05) is 49.1 Å². The van der Waals surface area contributed by atoms with Crippen molar-refractivity contribution in [1.82, 2.24) is 4.98 Å². The summed E-state index contributed by atoms with van der Waals surface area (Å²) in [6.07, 6.45) is 6.86. The molecule has 0 spiro atoms. The van der Waals surface area contributed by atoms with E-state index in [1.807, 2.05) is 48.5 Å². The number of hydrogen-bond donors (Lipinski definition) is 1. The van der Waals surface area contributed by atoms with Crippen LogP contribution in [0.15, 0.2) is 73.5 Å². The van der Waals surface area contributed by atoms with E-state index in [9.17, 15) is 4.79 Å². The molecular weight excluding hydrogens is 286 g/mol. The highest BCUT2D eigenvalue weighted by Gasteiger charge is 2.08. The number of para-hydroxylation sites is 1. The lowest BCUT2D eigenvalue weighted by Crippen LogP contribution is -1.93. The Morgan fingerprint density at radius 3 is 2.70 bits per heavy atom. The van der Waals surface area contributed by atoms with Crippen molar-refractivity contribution in [3.05, 3.63) is 84.6 Å². The third-order valence-corrected chi connectivity index (χ3v) is 3.53. The van der Waals surface area contributed by atoms with Crippen molar-refractivity contribution < 1.29 is 9.53 Å². The standard InChI is InChI=1S/C20H17NO2/c1-2-13-23-16-10-7-15(8-11-16)9-12-20(22)18-14-21-19-6-4-3-5-17(18)19/h2-12,14,21H,1,13H2/b12-9+. The van der Waals surface area contributed by atoms with Gasteiger partial charge in [0.15, 0.2) is 5.78 Å². The van der Waals surface area contributed by atoms with E-state index >= 15 is 0 Å². The van der Waals surface area contributed by atoms with Crippen molar-refractivity contribution in [1.29, 1.82) is 0 Å². The molecule has 0 saturated heterocycles. The van der Waals surface area contributed by atoms with E-state index in [0.29, 0.717) is 12.2 Å². The summed E-state index contributed by atoms with van der Waals surface area (Å²) >= 11 is 0. The third kappa shape index (κ3) is 3.40. The van der Waals surface area contributed by atoms with Gasteiger partial charge in [-0.3, -0.25) is 4.79 Å². The minimum absolute atomic E-state index is 0.0190. The third-order valence-electron chi connectivity index (χ3n) is 3.53. The molecule has 3 aromatic rings. The summed E-state index contributed by atoms with van der Waals surface area (Å²) in [5.74, 6) is 0.763. The lowest BCUT2D eigenvalue weighted by Gasteiger charge is -2.02. The number of carbonyl (C=O) groups is 1. The number of aromatic amines is 1. The van der Waals surface area contributed by atoms with Crippen LogP contribution in [0.1, 0.15) is 15.9 Å². The van der Waals surface area contributed by atoms with Gasteiger partial charge in [0.1, 0.15) is 12.4 Å². The largest absolute Gasteiger partial charge is 0.490 e. The predicted octanol–water partition coefficient (Wildman–Crippen LogP) is 4.63. The topological polar surface area (TPSA) is 42.1 Å². The van der Waals surface area contributed by atoms with Crippen LogP contribution in [0.5, 0.6) is 5.75 Å². The molecule has 0 unspecified atom stereocenters. The maximum atomic E-state index is 12.4. The first-order valence-corrected chi connectivity index (χ1v) is 7.40. The first kappa shape index (κ1) is 14.9. The van der Waals surface area contributed by atoms with Crippen LogP contribution in [-0.4, -0.2) is 17.4 Å². The van der Waals surface area contributed by atoms with E-state index in [1.54, 1.807) is 24.4 Å². The SMILES string of the molecule is C=CCOc1ccc(/C=C/C(=O)c2c[nH]c3ccccc23)cc1. The molecule has 23 heavy (non-hydrogen) atoms. The maximum absolute atomic E-state index is 12.4. The zero-order valence-electron chi connectivity index (χ0n) is 12.7. The second-order valence-corrected chi connectivity index (χ2v) is 5.11. The fourth-order valence-corrected chi connectivity index (χ4v) is 2.37. The maximum Gasteiger partial charge on any atom is 0.187 e. The Hall–Kier alpha value is -3.07. The second-order valence-electron chi connectivity index (χ2n) is 5.11. The highest BCUT2D eigenvalue weighted by Crippen LogP contribution is 2.19. The molecule has 0 aliphatic heterocycles. The molecule has 1 aromatic heterocycles. The molecule has 1 N–H and O–H groups in total. The molecule has 0 radical (unpaired) electrons. The summed E-state index contributed by atoms with van der Waals surface area (Å²) in [6, 6.07) is 15.3. The van der Waals surface area contributed by atoms with Crippen molar-refractivity contribution in [2.75, 3.05) is 6.61 Å². The number of aromatic nitrogens is 1. The molecule has 0 bridgehead atoms. The summed E-state index contributed by atoms with van der Waals surface area (Å²) in [7, 11) is 0. The van der Waals surface area contributed by atoms with Crippen LogP contribution in [0.3, 0.4) is 0 Å². The number of benzene rings is 2. The van der Waals surface area contributed by atoms with Crippen molar-refractivity contribution in [3.63, 3.8) is 0 Å². The van der Waals surface area contributed by atoms with E-state index in [2.05, 4.69) is 11.6 Å². The number of rotatable bonds is 6. The van der Waals surface area contributed by atoms with Crippen molar-refractivity contribution in [2.24, 2.45) is 0 Å². The molecule has 1 heterocycles. The van der Waals surface area contributed by atoms with Gasteiger partial charge in [0, 0.05) is 22.7 Å². The molecular formula is C20H17NO2. The van der Waals surface area contributed by atoms with Crippen LogP contribution in [0.2, 0.25) is 0 Å². The lowest BCUT2D eigenvalue weighted by atomic mass is 10.1. The van der Waals surface area contributed by atoms with Gasteiger partial charge in [-0.05, 0) is 29.8 Å². The minimum Gasteiger partial charge on any atom is -0.490 e. The Labute approximate surface area is 134 Å². The molecule has 0 fully saturated rings. The number of allylic oxidation sites excluding steroid dienone is 1. The zero-order valence-corrected chi connectivity index (χ0v) is 12.7. The second kappa shape index (κ2) is 6.79. The average molecular weight is 303 g/mol. The first-order chi connectivity index (χ1) is 11.3. The Balaban J connectivity index is 1.74. The van der Waals surface area contributed by atoms with Gasteiger partial charge >= 0.3 is 0 Å². The molecule has 0 saturated carbocycles. The number of nitrogens with one attached hydrogen (secondary N) is 1. The van der Waals surface area contributed by atoms with Crippen LogP contribution in [0.25, 0.3) is 17.0 Å². The highest BCUT2D eigenvalue weighted by molar-refractivity contribution is 6.14. The molecule has 0 aliphatic carbocycles. The number of carbonyl (C=O) groups excluding carboxylic acids is 1. The quantitative estimate of drug-likeness (QED) is 0.410. The zero-order chi connectivity index (χ0) is 16.1. The minimum atomic E-state index is -0.0190. The van der Waals surface area contributed by atoms with E-state index in [4.69, 9.17) is 4.74 Å². The molecule has 0 atom stereocenters. The van der Waals surface area contributed by atoms with Crippen LogP contribution in [-0.2, 0) is 0 Å². The Kier molecular flexibility index (Phi) is 4.39. The van der Waals surface area contributed by atoms with Crippen molar-refractivity contribution >= 4 is 22.8 Å². The summed E-state index contributed by atoms with van der Waals surface area (Å²) in [4.78, 5) is 15.5. The average Bonchev–Trinajstić information content (AvgIpc) is 3.03. The number of ketones is 1. The molecule has 3 heteroatoms. The summed E-state index contributed by atoms with van der Waals surface area (Å²) < 4.78 is 5.43. The lowest BCUT2D eigenvalue weighted by molar-refractivity contribution is 0.104. The molecule has 0 aliphatic rings. The Morgan fingerprint density at radius 2 is 1.91 bits per heavy atom. The molecule has 114 valence electrons. The van der Waals surface area contributed by atoms with Gasteiger partial charge in [-0.25, -0.2) is 0 Å². The van der Waals surface area contributed by atoms with Crippen LogP contribution >= 0.6 is 0 Å². The molecule has 3 nitrogen and oxygen atoms in total. The van der Waals surface area contributed by atoms with Crippen molar-refractivity contribution in [3.8, 4) is 5.75 Å². The normalized spacial score (nSPS) is 11.0. The van der Waals surface area contributed by atoms with Gasteiger partial charge in [-0.15, -0.1) is 0 Å². The van der Waals surface area contributed by atoms with Crippen LogP contribution in [0.4, 0.5) is 0 Å². The molecule has 3 rings (SSSR count). The number of ether oxygens (including phenoxy) is 1. The molecule has 0 amide bonds. The number of fused-ring (bicyclic) bond motifs is 1. The van der Waals surface area contributed by atoms with E-state index < -0.39 is 0 Å². The monoisotopic (exact) mass is 303 g/mol. The fourth-order valence-electron chi connectivity index (χ4n) is 2.37. The van der Waals surface area contributed by atoms with Gasteiger partial charge in [-0.2, -0.15) is 0 Å². The van der Waals surface area contributed by atoms with Gasteiger partial charge in [0.25, 0.3) is 0 Å². The van der Waals surface area contributed by atoms with Crippen LogP contribution < -0.4 is 4.74 Å². The highest BCUT2D eigenvalue weighted by atomic mass is 16.5. The van der Waals surface area contributed by atoms with Crippen molar-refractivity contribution in [2.45, 2.75) is 0 Å². The van der Waals surface area contributed by atoms with Gasteiger partial charge in [0.2, 0.25) is 0 Å². The van der Waals surface area contributed by atoms with E-state index in [-0.39, 0.29) is 5.78 Å². The van der Waals surface area contributed by atoms with Gasteiger partial charge in [0.05, 0.1) is 0 Å². The molecule has 2 aromatic carbocycles. The summed E-state index contributed by atoms with van der Waals surface area (Å²) in [5, 5.41) is 0.940. The number of hydrogen-bond acceptors (Lipinski definition) is 2. The van der Waals surface area contributed by atoms with Crippen LogP contribution in [0, 0.1) is 0 Å². The fraction of sp³-hybridized carbons (Fsp3) is 0.0500. The smallest absolute Gasteiger partial charge is 0.187 e. The van der Waals surface area contributed by atoms with Gasteiger partial charge < -0.3 is 9.72 Å². The summed E-state index contributed by atoms with van der Waals surface area (Å²) in [5.41, 5.74) is 2.60. The van der Waals surface area contributed by atoms with E-state index in [0.717, 1.165) is 22.2 Å². The Morgan fingerprint density at radius 1 is 1.13 bits per heavy atom. The first-order valence-electron chi connectivity index (χ1n) is 7.40. The predicted molar refractivity (Wildman–Crippen MR) is 93.8 cm³/mol. The van der Waals surface area contributed by atoms with E-state index in [1.165, 1.54) is 0 Å². The Bertz CT molecular complexity index is 857. The number of H-pyrrole nitrogens is 1.